The number of aromatic nitrogens is 2. The van der Waals surface area contributed by atoms with Crippen LogP contribution in [0, 0.1) is 0 Å². The van der Waals surface area contributed by atoms with Gasteiger partial charge in [0.1, 0.15) is 10.8 Å². The van der Waals surface area contributed by atoms with Crippen LogP contribution in [-0.2, 0) is 6.42 Å². The first-order valence-corrected chi connectivity index (χ1v) is 10.6. The highest BCUT2D eigenvalue weighted by Crippen LogP contribution is 2.46. The fourth-order valence-electron chi connectivity index (χ4n) is 3.46. The van der Waals surface area contributed by atoms with E-state index in [1.165, 1.54) is 11.3 Å². The standard InChI is InChI=1S/C20H18ClF3N4OS/c21-16-17(19(29)25-9-8-12-5-2-1-3-6-12)27-28-15(20(22,23)24)11-13(26-18(16)28)14-7-4-10-30-14/h1-7,10,13,15,26H,8-9,11H2,(H,25,29)/t13-,15+/m0/s1. The lowest BCUT2D eigenvalue weighted by Crippen LogP contribution is -2.35. The molecule has 2 N–H and O–H groups in total. The number of anilines is 1. The highest BCUT2D eigenvalue weighted by molar-refractivity contribution is 7.10. The van der Waals surface area contributed by atoms with Crippen LogP contribution in [0.3, 0.4) is 0 Å². The normalized spacial score (nSPS) is 18.5. The van der Waals surface area contributed by atoms with Crippen molar-refractivity contribution in [2.75, 3.05) is 11.9 Å². The minimum Gasteiger partial charge on any atom is -0.361 e. The molecule has 1 aromatic carbocycles. The molecule has 0 aliphatic carbocycles. The van der Waals surface area contributed by atoms with Gasteiger partial charge in [0.15, 0.2) is 11.7 Å². The molecular formula is C20H18ClF3N4OS. The summed E-state index contributed by atoms with van der Waals surface area (Å²) in [4.78, 5) is 13.3. The molecule has 0 fully saturated rings. The minimum atomic E-state index is -4.53. The summed E-state index contributed by atoms with van der Waals surface area (Å²) >= 11 is 7.67. The highest BCUT2D eigenvalue weighted by atomic mass is 35.5. The second-order valence-electron chi connectivity index (χ2n) is 6.95. The summed E-state index contributed by atoms with van der Waals surface area (Å²) < 4.78 is 42.0. The second kappa shape index (κ2) is 8.31. The Bertz CT molecular complexity index is 1020. The summed E-state index contributed by atoms with van der Waals surface area (Å²) in [7, 11) is 0. The summed E-state index contributed by atoms with van der Waals surface area (Å²) in [5.41, 5.74) is 0.818. The Hall–Kier alpha value is -2.52. The zero-order chi connectivity index (χ0) is 21.3. The van der Waals surface area contributed by atoms with Gasteiger partial charge < -0.3 is 10.6 Å². The van der Waals surface area contributed by atoms with E-state index < -0.39 is 24.2 Å². The number of thiophene rings is 1. The lowest BCUT2D eigenvalue weighted by Gasteiger charge is -2.32. The van der Waals surface area contributed by atoms with Crippen LogP contribution in [0.15, 0.2) is 47.8 Å². The average Bonchev–Trinajstić information content (AvgIpc) is 3.36. The smallest absolute Gasteiger partial charge is 0.361 e. The summed E-state index contributed by atoms with van der Waals surface area (Å²) in [6, 6.07) is 10.7. The number of carbonyl (C=O) groups excluding carboxylic acids is 1. The van der Waals surface area contributed by atoms with Crippen molar-refractivity contribution in [2.45, 2.75) is 31.1 Å². The van der Waals surface area contributed by atoms with Crippen LogP contribution in [0.2, 0.25) is 5.02 Å². The van der Waals surface area contributed by atoms with E-state index in [2.05, 4.69) is 15.7 Å². The summed E-state index contributed by atoms with van der Waals surface area (Å²) in [5, 5.41) is 11.3. The van der Waals surface area contributed by atoms with Crippen molar-refractivity contribution in [1.29, 1.82) is 0 Å². The zero-order valence-electron chi connectivity index (χ0n) is 15.6. The number of halogens is 4. The first-order valence-electron chi connectivity index (χ1n) is 9.31. The van der Waals surface area contributed by atoms with Crippen LogP contribution in [0.25, 0.3) is 0 Å². The maximum atomic E-state index is 13.7. The summed E-state index contributed by atoms with van der Waals surface area (Å²) in [6.45, 7) is 0.315. The van der Waals surface area contributed by atoms with Crippen molar-refractivity contribution in [3.05, 3.63) is 69.0 Å². The van der Waals surface area contributed by atoms with Crippen LogP contribution < -0.4 is 10.6 Å². The van der Waals surface area contributed by atoms with Crippen LogP contribution >= 0.6 is 22.9 Å². The first kappa shape index (κ1) is 20.7. The van der Waals surface area contributed by atoms with Gasteiger partial charge in [0.05, 0.1) is 6.04 Å². The van der Waals surface area contributed by atoms with Gasteiger partial charge in [0.2, 0.25) is 0 Å². The number of hydrogen-bond acceptors (Lipinski definition) is 4. The van der Waals surface area contributed by atoms with E-state index in [1.807, 2.05) is 30.3 Å². The number of nitrogens with zero attached hydrogens (tertiary/aromatic N) is 2. The van der Waals surface area contributed by atoms with Crippen LogP contribution in [0.4, 0.5) is 19.0 Å². The van der Waals surface area contributed by atoms with E-state index in [9.17, 15) is 18.0 Å². The van der Waals surface area contributed by atoms with Gasteiger partial charge in [-0.15, -0.1) is 11.3 Å². The molecule has 0 spiro atoms. The molecule has 3 heterocycles. The Morgan fingerprint density at radius 2 is 2.03 bits per heavy atom. The van der Waals surface area contributed by atoms with Crippen LogP contribution in [-0.4, -0.2) is 28.4 Å². The molecule has 3 aromatic rings. The molecular weight excluding hydrogens is 437 g/mol. The fourth-order valence-corrected chi connectivity index (χ4v) is 4.52. The summed E-state index contributed by atoms with van der Waals surface area (Å²) in [6.07, 6.45) is -4.17. The van der Waals surface area contributed by atoms with Crippen molar-refractivity contribution in [3.63, 3.8) is 0 Å². The topological polar surface area (TPSA) is 59.0 Å². The van der Waals surface area contributed by atoms with Gasteiger partial charge in [0, 0.05) is 17.8 Å². The van der Waals surface area contributed by atoms with Crippen molar-refractivity contribution in [1.82, 2.24) is 15.1 Å². The minimum absolute atomic E-state index is 0.0110. The Balaban J connectivity index is 1.56. The lowest BCUT2D eigenvalue weighted by atomic mass is 10.0. The zero-order valence-corrected chi connectivity index (χ0v) is 17.2. The lowest BCUT2D eigenvalue weighted by molar-refractivity contribution is -0.173. The molecule has 0 saturated carbocycles. The molecule has 2 atom stereocenters. The monoisotopic (exact) mass is 454 g/mol. The molecule has 158 valence electrons. The number of benzene rings is 1. The molecule has 0 saturated heterocycles. The summed E-state index contributed by atoms with van der Waals surface area (Å²) in [5.74, 6) is -0.593. The highest BCUT2D eigenvalue weighted by Gasteiger charge is 2.48. The number of carbonyl (C=O) groups is 1. The predicted octanol–water partition coefficient (Wildman–Crippen LogP) is 5.23. The largest absolute Gasteiger partial charge is 0.410 e. The van der Waals surface area contributed by atoms with E-state index in [-0.39, 0.29) is 23.0 Å². The number of hydrogen-bond donors (Lipinski definition) is 2. The number of rotatable bonds is 5. The Morgan fingerprint density at radius 3 is 2.70 bits per heavy atom. The number of amides is 1. The van der Waals surface area contributed by atoms with Gasteiger partial charge in [-0.25, -0.2) is 4.68 Å². The van der Waals surface area contributed by atoms with Crippen molar-refractivity contribution < 1.29 is 18.0 Å². The molecule has 0 bridgehead atoms. The van der Waals surface area contributed by atoms with Crippen molar-refractivity contribution >= 4 is 34.7 Å². The molecule has 1 amide bonds. The van der Waals surface area contributed by atoms with Crippen LogP contribution in [0.5, 0.6) is 0 Å². The molecule has 5 nitrogen and oxygen atoms in total. The molecule has 10 heteroatoms. The third-order valence-electron chi connectivity index (χ3n) is 4.94. The van der Waals surface area contributed by atoms with Gasteiger partial charge in [-0.2, -0.15) is 18.3 Å². The van der Waals surface area contributed by atoms with Gasteiger partial charge in [-0.3, -0.25) is 4.79 Å². The predicted molar refractivity (Wildman–Crippen MR) is 110 cm³/mol. The average molecular weight is 455 g/mol. The van der Waals surface area contributed by atoms with Crippen LogP contribution in [0.1, 0.15) is 39.4 Å². The number of alkyl halides is 3. The van der Waals surface area contributed by atoms with Gasteiger partial charge in [-0.05, 0) is 23.4 Å². The third kappa shape index (κ3) is 4.17. The second-order valence-corrected chi connectivity index (χ2v) is 8.31. The number of fused-ring (bicyclic) bond motifs is 1. The fraction of sp³-hybridized carbons (Fsp3) is 0.300. The number of nitrogens with one attached hydrogen (secondary N) is 2. The van der Waals surface area contributed by atoms with Gasteiger partial charge >= 0.3 is 6.18 Å². The molecule has 2 aromatic heterocycles. The molecule has 0 radical (unpaired) electrons. The van der Waals surface area contributed by atoms with E-state index in [0.29, 0.717) is 13.0 Å². The Labute approximate surface area is 179 Å². The van der Waals surface area contributed by atoms with Crippen molar-refractivity contribution in [2.24, 2.45) is 0 Å². The van der Waals surface area contributed by atoms with Crippen molar-refractivity contribution in [3.8, 4) is 0 Å². The molecule has 1 aliphatic rings. The van der Waals surface area contributed by atoms with E-state index in [0.717, 1.165) is 15.1 Å². The molecule has 4 rings (SSSR count). The molecule has 0 unspecified atom stereocenters. The first-order chi connectivity index (χ1) is 14.3. The van der Waals surface area contributed by atoms with E-state index in [1.54, 1.807) is 17.5 Å². The SMILES string of the molecule is O=C(NCCc1ccccc1)c1nn2c(c1Cl)N[C@H](c1cccs1)C[C@@H]2C(F)(F)F. The third-order valence-corrected chi connectivity index (χ3v) is 6.28. The van der Waals surface area contributed by atoms with Gasteiger partial charge in [-0.1, -0.05) is 48.0 Å². The molecule has 30 heavy (non-hydrogen) atoms. The van der Waals surface area contributed by atoms with E-state index in [4.69, 9.17) is 11.6 Å². The van der Waals surface area contributed by atoms with Gasteiger partial charge in [0.25, 0.3) is 5.91 Å². The Morgan fingerprint density at radius 1 is 1.27 bits per heavy atom. The maximum Gasteiger partial charge on any atom is 0.410 e. The maximum absolute atomic E-state index is 13.7. The quantitative estimate of drug-likeness (QED) is 0.555. The molecule has 1 aliphatic heterocycles. The van der Waals surface area contributed by atoms with E-state index >= 15 is 0 Å². The Kier molecular flexibility index (Phi) is 5.75.